The predicted molar refractivity (Wildman–Crippen MR) is 94.7 cm³/mol. The number of carbonyl (C=O) groups excluding carboxylic acids is 2. The fourth-order valence-corrected chi connectivity index (χ4v) is 2.59. The third-order valence-electron chi connectivity index (χ3n) is 4.05. The zero-order valence-corrected chi connectivity index (χ0v) is 14.7. The van der Waals surface area contributed by atoms with E-state index in [2.05, 4.69) is 5.32 Å². The van der Waals surface area contributed by atoms with E-state index in [0.29, 0.717) is 5.56 Å². The molecule has 0 saturated heterocycles. The van der Waals surface area contributed by atoms with Crippen molar-refractivity contribution in [3.63, 3.8) is 0 Å². The normalized spacial score (nSPS) is 11.9. The molecular weight excluding hydrogens is 339 g/mol. The van der Waals surface area contributed by atoms with Gasteiger partial charge in [-0.25, -0.2) is 4.39 Å². The van der Waals surface area contributed by atoms with E-state index in [4.69, 9.17) is 0 Å². The summed E-state index contributed by atoms with van der Waals surface area (Å²) in [7, 11) is 0. The van der Waals surface area contributed by atoms with Gasteiger partial charge in [-0.3, -0.25) is 19.7 Å². The third-order valence-corrected chi connectivity index (χ3v) is 4.05. The minimum Gasteiger partial charge on any atom is -0.341 e. The summed E-state index contributed by atoms with van der Waals surface area (Å²) in [6, 6.07) is 8.56. The first kappa shape index (κ1) is 19.2. The topological polar surface area (TPSA) is 89.3 Å². The number of non-ortho nitro benzene ring substituents is 1. The van der Waals surface area contributed by atoms with Crippen molar-refractivity contribution in [2.45, 2.75) is 26.8 Å². The molecule has 0 aliphatic heterocycles. The molecule has 0 aromatic heterocycles. The molecule has 1 atom stereocenters. The fourth-order valence-electron chi connectivity index (χ4n) is 2.59. The van der Waals surface area contributed by atoms with Gasteiger partial charge in [-0.05, 0) is 36.6 Å². The second-order valence-corrected chi connectivity index (χ2v) is 6.30. The molecule has 0 saturated carbocycles. The van der Waals surface area contributed by atoms with E-state index in [-0.39, 0.29) is 22.7 Å². The van der Waals surface area contributed by atoms with E-state index >= 15 is 0 Å². The number of amides is 1. The molecule has 1 unspecified atom stereocenters. The zero-order chi connectivity index (χ0) is 19.4. The molecule has 0 aliphatic rings. The molecule has 0 heterocycles. The SMILES string of the molecule is Cc1cccc(F)c1C(=O)NC(C(=O)c1ccc([N+](=O)[O-])cc1)C(C)C. The van der Waals surface area contributed by atoms with Gasteiger partial charge in [0.2, 0.25) is 0 Å². The molecule has 6 nitrogen and oxygen atoms in total. The largest absolute Gasteiger partial charge is 0.341 e. The number of ketones is 1. The van der Waals surface area contributed by atoms with Crippen molar-refractivity contribution in [2.24, 2.45) is 5.92 Å². The average Bonchev–Trinajstić information content (AvgIpc) is 2.58. The number of nitrogens with zero attached hydrogens (tertiary/aromatic N) is 1. The van der Waals surface area contributed by atoms with Crippen molar-refractivity contribution in [1.29, 1.82) is 0 Å². The Kier molecular flexibility index (Phi) is 5.82. The first-order valence-corrected chi connectivity index (χ1v) is 8.07. The highest BCUT2D eigenvalue weighted by molar-refractivity contribution is 6.05. The Morgan fingerprint density at radius 2 is 1.73 bits per heavy atom. The van der Waals surface area contributed by atoms with Crippen LogP contribution in [0, 0.1) is 28.8 Å². The Labute approximate surface area is 150 Å². The molecule has 1 amide bonds. The Hall–Kier alpha value is -3.09. The lowest BCUT2D eigenvalue weighted by Crippen LogP contribution is -2.44. The number of nitro groups is 1. The Balaban J connectivity index is 2.27. The summed E-state index contributed by atoms with van der Waals surface area (Å²) in [5.41, 5.74) is 0.468. The Morgan fingerprint density at radius 3 is 2.23 bits per heavy atom. The molecule has 0 spiro atoms. The van der Waals surface area contributed by atoms with Crippen LogP contribution in [0.3, 0.4) is 0 Å². The molecule has 0 aliphatic carbocycles. The Morgan fingerprint density at radius 1 is 1.12 bits per heavy atom. The number of rotatable bonds is 6. The average molecular weight is 358 g/mol. The Bertz CT molecular complexity index is 827. The monoisotopic (exact) mass is 358 g/mol. The van der Waals surface area contributed by atoms with Crippen LogP contribution >= 0.6 is 0 Å². The van der Waals surface area contributed by atoms with E-state index < -0.39 is 28.5 Å². The van der Waals surface area contributed by atoms with Crippen LogP contribution in [0.2, 0.25) is 0 Å². The summed E-state index contributed by atoms with van der Waals surface area (Å²) in [6.45, 7) is 5.12. The van der Waals surface area contributed by atoms with Gasteiger partial charge in [-0.15, -0.1) is 0 Å². The van der Waals surface area contributed by atoms with Gasteiger partial charge in [0.15, 0.2) is 5.78 Å². The van der Waals surface area contributed by atoms with Crippen molar-refractivity contribution in [3.05, 3.63) is 75.1 Å². The van der Waals surface area contributed by atoms with Gasteiger partial charge in [0.05, 0.1) is 16.5 Å². The highest BCUT2D eigenvalue weighted by Crippen LogP contribution is 2.18. The molecule has 0 bridgehead atoms. The molecular formula is C19H19FN2O4. The third kappa shape index (κ3) is 4.11. The van der Waals surface area contributed by atoms with Gasteiger partial charge >= 0.3 is 0 Å². The number of benzene rings is 2. The van der Waals surface area contributed by atoms with Gasteiger partial charge < -0.3 is 5.32 Å². The minimum atomic E-state index is -0.886. The minimum absolute atomic E-state index is 0.102. The number of hydrogen-bond acceptors (Lipinski definition) is 4. The van der Waals surface area contributed by atoms with Crippen LogP contribution in [0.15, 0.2) is 42.5 Å². The summed E-state index contributed by atoms with van der Waals surface area (Å²) in [5.74, 6) is -1.98. The fraction of sp³-hybridized carbons (Fsp3) is 0.263. The lowest BCUT2D eigenvalue weighted by atomic mass is 9.94. The second-order valence-electron chi connectivity index (χ2n) is 6.30. The van der Waals surface area contributed by atoms with Crippen molar-refractivity contribution in [3.8, 4) is 0 Å². The number of halogens is 1. The zero-order valence-electron chi connectivity index (χ0n) is 14.7. The lowest BCUT2D eigenvalue weighted by molar-refractivity contribution is -0.384. The molecule has 26 heavy (non-hydrogen) atoms. The molecule has 7 heteroatoms. The number of aryl methyl sites for hydroxylation is 1. The first-order valence-electron chi connectivity index (χ1n) is 8.07. The van der Waals surface area contributed by atoms with Crippen molar-refractivity contribution in [2.75, 3.05) is 0 Å². The van der Waals surface area contributed by atoms with E-state index in [9.17, 15) is 24.1 Å². The van der Waals surface area contributed by atoms with E-state index in [1.165, 1.54) is 36.4 Å². The van der Waals surface area contributed by atoms with Crippen LogP contribution < -0.4 is 5.32 Å². The molecule has 1 N–H and O–H groups in total. The number of nitro benzene ring substituents is 1. The van der Waals surface area contributed by atoms with Crippen LogP contribution in [0.25, 0.3) is 0 Å². The summed E-state index contributed by atoms with van der Waals surface area (Å²) in [4.78, 5) is 35.4. The standard InChI is InChI=1S/C19H19FN2O4/c1-11(2)17(18(23)13-7-9-14(10-8-13)22(25)26)21-19(24)16-12(3)5-4-6-15(16)20/h4-11,17H,1-3H3,(H,21,24). The van der Waals surface area contributed by atoms with E-state index in [1.807, 2.05) is 0 Å². The molecule has 2 rings (SSSR count). The quantitative estimate of drug-likeness (QED) is 0.485. The second kappa shape index (κ2) is 7.86. The maximum Gasteiger partial charge on any atom is 0.269 e. The highest BCUT2D eigenvalue weighted by Gasteiger charge is 2.27. The lowest BCUT2D eigenvalue weighted by Gasteiger charge is -2.22. The van der Waals surface area contributed by atoms with E-state index in [1.54, 1.807) is 26.8 Å². The van der Waals surface area contributed by atoms with Gasteiger partial charge in [0.25, 0.3) is 11.6 Å². The summed E-state index contributed by atoms with van der Waals surface area (Å²) in [6.07, 6.45) is 0. The smallest absolute Gasteiger partial charge is 0.269 e. The number of nitrogens with one attached hydrogen (secondary N) is 1. The molecule has 2 aromatic carbocycles. The molecule has 2 aromatic rings. The van der Waals surface area contributed by atoms with Gasteiger partial charge in [-0.2, -0.15) is 0 Å². The van der Waals surface area contributed by atoms with Crippen LogP contribution in [0.4, 0.5) is 10.1 Å². The van der Waals surface area contributed by atoms with Crippen LogP contribution in [0.1, 0.15) is 40.1 Å². The molecule has 0 fully saturated rings. The molecule has 0 radical (unpaired) electrons. The molecule has 136 valence electrons. The summed E-state index contributed by atoms with van der Waals surface area (Å²) in [5, 5.41) is 13.3. The maximum atomic E-state index is 14.0. The van der Waals surface area contributed by atoms with Gasteiger partial charge in [0.1, 0.15) is 5.82 Å². The van der Waals surface area contributed by atoms with E-state index in [0.717, 1.165) is 0 Å². The number of hydrogen-bond donors (Lipinski definition) is 1. The van der Waals surface area contributed by atoms with Crippen molar-refractivity contribution >= 4 is 17.4 Å². The van der Waals surface area contributed by atoms with Crippen LogP contribution in [-0.4, -0.2) is 22.7 Å². The van der Waals surface area contributed by atoms with Crippen LogP contribution in [0.5, 0.6) is 0 Å². The summed E-state index contributed by atoms with van der Waals surface area (Å²) >= 11 is 0. The maximum absolute atomic E-state index is 14.0. The van der Waals surface area contributed by atoms with Crippen molar-refractivity contribution in [1.82, 2.24) is 5.32 Å². The van der Waals surface area contributed by atoms with Gasteiger partial charge in [-0.1, -0.05) is 26.0 Å². The summed E-state index contributed by atoms with van der Waals surface area (Å²) < 4.78 is 14.0. The first-order chi connectivity index (χ1) is 12.2. The highest BCUT2D eigenvalue weighted by atomic mass is 19.1. The number of Topliss-reactive ketones (excluding diaryl/α,β-unsaturated/α-hetero) is 1. The van der Waals surface area contributed by atoms with Gasteiger partial charge in [0, 0.05) is 17.7 Å². The predicted octanol–water partition coefficient (Wildman–Crippen LogP) is 3.68. The number of carbonyl (C=O) groups is 2. The van der Waals surface area contributed by atoms with Crippen molar-refractivity contribution < 1.29 is 18.9 Å². The van der Waals surface area contributed by atoms with Crippen LogP contribution in [-0.2, 0) is 0 Å².